The molecule has 0 aliphatic heterocycles. The molecule has 1 aliphatic carbocycles. The molecule has 1 heterocycles. The van der Waals surface area contributed by atoms with Gasteiger partial charge in [-0.25, -0.2) is 4.79 Å². The molecule has 158 valence electrons. The number of furan rings is 1. The number of amides is 1. The normalized spacial score (nSPS) is 20.5. The second-order valence-electron chi connectivity index (χ2n) is 8.33. The Morgan fingerprint density at radius 1 is 1.21 bits per heavy atom. The van der Waals surface area contributed by atoms with Crippen LogP contribution in [0.3, 0.4) is 0 Å². The minimum atomic E-state index is -0.463. The van der Waals surface area contributed by atoms with Crippen molar-refractivity contribution in [3.8, 4) is 0 Å². The van der Waals surface area contributed by atoms with Crippen molar-refractivity contribution in [2.75, 3.05) is 13.1 Å². The largest absolute Gasteiger partial charge is 0.469 e. The van der Waals surface area contributed by atoms with E-state index in [1.807, 2.05) is 32.9 Å². The molecule has 1 saturated carbocycles. The number of nitrogens with zero attached hydrogens (tertiary/aromatic N) is 1. The van der Waals surface area contributed by atoms with Gasteiger partial charge in [-0.2, -0.15) is 0 Å². The Hall–Kier alpha value is -2.18. The highest BCUT2D eigenvalue weighted by molar-refractivity contribution is 5.80. The number of aliphatic imine (C=N–C) groups is 1. The number of hydrogen-bond acceptors (Lipinski definition) is 4. The maximum atomic E-state index is 11.9. The van der Waals surface area contributed by atoms with Crippen molar-refractivity contribution in [1.82, 2.24) is 16.0 Å². The van der Waals surface area contributed by atoms with E-state index in [0.717, 1.165) is 63.3 Å². The molecule has 0 aromatic carbocycles. The van der Waals surface area contributed by atoms with Gasteiger partial charge < -0.3 is 25.1 Å². The molecule has 0 bridgehead atoms. The van der Waals surface area contributed by atoms with Gasteiger partial charge in [0.2, 0.25) is 0 Å². The summed E-state index contributed by atoms with van der Waals surface area (Å²) in [6, 6.07) is 4.43. The van der Waals surface area contributed by atoms with Gasteiger partial charge >= 0.3 is 6.09 Å². The van der Waals surface area contributed by atoms with Gasteiger partial charge in [-0.1, -0.05) is 6.92 Å². The molecular formula is C21H36N4O3. The van der Waals surface area contributed by atoms with Crippen LogP contribution in [0.25, 0.3) is 0 Å². The fraction of sp³-hybridized carbons (Fsp3) is 0.714. The predicted molar refractivity (Wildman–Crippen MR) is 112 cm³/mol. The van der Waals surface area contributed by atoms with Gasteiger partial charge in [-0.05, 0) is 65.0 Å². The average Bonchev–Trinajstić information content (AvgIpc) is 3.13. The second-order valence-corrected chi connectivity index (χ2v) is 8.33. The summed E-state index contributed by atoms with van der Waals surface area (Å²) in [7, 11) is 0. The van der Waals surface area contributed by atoms with E-state index < -0.39 is 5.60 Å². The second kappa shape index (κ2) is 11.0. The Balaban J connectivity index is 1.73. The molecule has 3 N–H and O–H groups in total. The van der Waals surface area contributed by atoms with Gasteiger partial charge in [0.25, 0.3) is 0 Å². The molecule has 1 aromatic heterocycles. The smallest absolute Gasteiger partial charge is 0.407 e. The van der Waals surface area contributed by atoms with E-state index in [2.05, 4.69) is 27.9 Å². The number of hydrogen-bond donors (Lipinski definition) is 3. The van der Waals surface area contributed by atoms with Crippen molar-refractivity contribution < 1.29 is 13.9 Å². The summed E-state index contributed by atoms with van der Waals surface area (Å²) in [4.78, 5) is 16.6. The first-order valence-electron chi connectivity index (χ1n) is 10.4. The molecule has 0 saturated heterocycles. The van der Waals surface area contributed by atoms with Gasteiger partial charge in [0.05, 0.1) is 6.26 Å². The van der Waals surface area contributed by atoms with Crippen molar-refractivity contribution in [2.45, 2.75) is 83.9 Å². The Kier molecular flexibility index (Phi) is 8.67. The highest BCUT2D eigenvalue weighted by atomic mass is 16.6. The summed E-state index contributed by atoms with van der Waals surface area (Å²) in [5.41, 5.74) is -0.463. The fourth-order valence-corrected chi connectivity index (χ4v) is 3.18. The molecule has 7 nitrogen and oxygen atoms in total. The minimum absolute atomic E-state index is 0.177. The van der Waals surface area contributed by atoms with Gasteiger partial charge in [0.15, 0.2) is 5.96 Å². The molecule has 1 aromatic rings. The number of rotatable bonds is 7. The average molecular weight is 393 g/mol. The fourth-order valence-electron chi connectivity index (χ4n) is 3.18. The number of ether oxygens (including phenoxy) is 1. The van der Waals surface area contributed by atoms with Gasteiger partial charge in [0, 0.05) is 31.6 Å². The van der Waals surface area contributed by atoms with E-state index in [1.165, 1.54) is 0 Å². The number of carbonyl (C=O) groups is 1. The maximum Gasteiger partial charge on any atom is 0.407 e. The molecule has 1 amide bonds. The van der Waals surface area contributed by atoms with Gasteiger partial charge in [-0.15, -0.1) is 0 Å². The lowest BCUT2D eigenvalue weighted by Gasteiger charge is -2.31. The quantitative estimate of drug-likeness (QED) is 0.487. The summed E-state index contributed by atoms with van der Waals surface area (Å²) < 4.78 is 10.7. The third kappa shape index (κ3) is 8.67. The van der Waals surface area contributed by atoms with Crippen molar-refractivity contribution in [3.63, 3.8) is 0 Å². The lowest BCUT2D eigenvalue weighted by molar-refractivity contribution is 0.0490. The first kappa shape index (κ1) is 22.1. The molecule has 1 fully saturated rings. The van der Waals surface area contributed by atoms with E-state index in [9.17, 15) is 4.79 Å². The van der Waals surface area contributed by atoms with Gasteiger partial charge in [-0.3, -0.25) is 4.99 Å². The summed E-state index contributed by atoms with van der Waals surface area (Å²) >= 11 is 0. The molecule has 1 aliphatic rings. The van der Waals surface area contributed by atoms with Crippen LogP contribution in [0.4, 0.5) is 4.79 Å². The van der Waals surface area contributed by atoms with Crippen LogP contribution in [0.2, 0.25) is 0 Å². The minimum Gasteiger partial charge on any atom is -0.469 e. The number of carbonyl (C=O) groups excluding carboxylic acids is 1. The number of alkyl carbamates (subject to hydrolysis) is 1. The standard InChI is InChI=1S/C21H36N4O3/c1-5-13-22-19(23-14-12-18-7-6-15-27-18)24-16-8-10-17(11-9-16)25-20(26)28-21(2,3)4/h6-7,15-17H,5,8-14H2,1-4H3,(H,25,26)(H2,22,23,24). The van der Waals surface area contributed by atoms with E-state index in [1.54, 1.807) is 6.26 Å². The highest BCUT2D eigenvalue weighted by Gasteiger charge is 2.25. The third-order valence-corrected chi connectivity index (χ3v) is 4.53. The SMILES string of the molecule is CCCN=C(NCCc1ccco1)NC1CCC(NC(=O)OC(C)(C)C)CC1. The van der Waals surface area contributed by atoms with E-state index in [4.69, 9.17) is 9.15 Å². The molecule has 0 atom stereocenters. The van der Waals surface area contributed by atoms with Crippen molar-refractivity contribution >= 4 is 12.1 Å². The van der Waals surface area contributed by atoms with Crippen LogP contribution in [0.5, 0.6) is 0 Å². The Labute approximate surface area is 168 Å². The lowest BCUT2D eigenvalue weighted by Crippen LogP contribution is -2.48. The Morgan fingerprint density at radius 2 is 1.89 bits per heavy atom. The van der Waals surface area contributed by atoms with Crippen LogP contribution in [0, 0.1) is 0 Å². The lowest BCUT2D eigenvalue weighted by atomic mass is 9.91. The van der Waals surface area contributed by atoms with Crippen molar-refractivity contribution in [3.05, 3.63) is 24.2 Å². The number of nitrogens with one attached hydrogen (secondary N) is 3. The summed E-state index contributed by atoms with van der Waals surface area (Å²) in [5.74, 6) is 1.83. The molecule has 0 spiro atoms. The van der Waals surface area contributed by atoms with E-state index in [0.29, 0.717) is 6.04 Å². The van der Waals surface area contributed by atoms with E-state index >= 15 is 0 Å². The third-order valence-electron chi connectivity index (χ3n) is 4.53. The Bertz CT molecular complexity index is 600. The molecule has 7 heteroatoms. The zero-order chi connectivity index (χ0) is 20.4. The summed E-state index contributed by atoms with van der Waals surface area (Å²) in [5, 5.41) is 9.93. The first-order chi connectivity index (χ1) is 13.4. The highest BCUT2D eigenvalue weighted by Crippen LogP contribution is 2.19. The van der Waals surface area contributed by atoms with Crippen molar-refractivity contribution in [2.24, 2.45) is 4.99 Å². The monoisotopic (exact) mass is 392 g/mol. The van der Waals surface area contributed by atoms with Crippen LogP contribution >= 0.6 is 0 Å². The molecule has 28 heavy (non-hydrogen) atoms. The maximum absolute atomic E-state index is 11.9. The van der Waals surface area contributed by atoms with Crippen LogP contribution in [-0.4, -0.2) is 42.8 Å². The zero-order valence-corrected chi connectivity index (χ0v) is 17.7. The van der Waals surface area contributed by atoms with Crippen molar-refractivity contribution in [1.29, 1.82) is 0 Å². The zero-order valence-electron chi connectivity index (χ0n) is 17.7. The topological polar surface area (TPSA) is 87.9 Å². The van der Waals surface area contributed by atoms with Crippen LogP contribution in [-0.2, 0) is 11.2 Å². The van der Waals surface area contributed by atoms with Gasteiger partial charge in [0.1, 0.15) is 11.4 Å². The summed E-state index contributed by atoms with van der Waals surface area (Å²) in [6.45, 7) is 9.33. The molecule has 0 radical (unpaired) electrons. The van der Waals surface area contributed by atoms with Crippen LogP contribution in [0.1, 0.15) is 65.6 Å². The molecule has 2 rings (SSSR count). The predicted octanol–water partition coefficient (Wildman–Crippen LogP) is 3.60. The Morgan fingerprint density at radius 3 is 2.46 bits per heavy atom. The molecular weight excluding hydrogens is 356 g/mol. The molecule has 0 unspecified atom stereocenters. The number of guanidine groups is 1. The summed E-state index contributed by atoms with van der Waals surface area (Å²) in [6.07, 6.45) is 7.06. The van der Waals surface area contributed by atoms with Crippen LogP contribution in [0.15, 0.2) is 27.8 Å². The van der Waals surface area contributed by atoms with Crippen LogP contribution < -0.4 is 16.0 Å². The first-order valence-corrected chi connectivity index (χ1v) is 10.4. The van der Waals surface area contributed by atoms with E-state index in [-0.39, 0.29) is 12.1 Å².